The van der Waals surface area contributed by atoms with Crippen LogP contribution in [0.4, 0.5) is 10.1 Å². The summed E-state index contributed by atoms with van der Waals surface area (Å²) in [6.45, 7) is 4.80. The van der Waals surface area contributed by atoms with Crippen LogP contribution >= 0.6 is 0 Å². The minimum atomic E-state index is -1.23. The molecular weight excluding hydrogens is 413 g/mol. The van der Waals surface area contributed by atoms with Crippen molar-refractivity contribution in [2.24, 2.45) is 7.05 Å². The number of nitrogens with zero attached hydrogens (tertiary/aromatic N) is 2. The fourth-order valence-electron chi connectivity index (χ4n) is 4.03. The lowest BCUT2D eigenvalue weighted by molar-refractivity contribution is 0.0697. The molecular formula is C24H24FN3O4. The molecule has 0 saturated carbocycles. The monoisotopic (exact) mass is 437 g/mol. The van der Waals surface area contributed by atoms with Crippen LogP contribution in [0.3, 0.4) is 0 Å². The molecule has 1 aliphatic rings. The number of carboxylic acid groups (broad SMARTS) is 1. The lowest BCUT2D eigenvalue weighted by atomic mass is 10.00. The minimum Gasteiger partial charge on any atom is -0.478 e. The Hall–Kier alpha value is -3.52. The van der Waals surface area contributed by atoms with Crippen molar-refractivity contribution < 1.29 is 19.0 Å². The van der Waals surface area contributed by atoms with Crippen LogP contribution in [0.15, 0.2) is 41.2 Å². The summed E-state index contributed by atoms with van der Waals surface area (Å²) >= 11 is 0. The van der Waals surface area contributed by atoms with Crippen molar-refractivity contribution in [1.82, 2.24) is 9.55 Å². The smallest absolute Gasteiger partial charge is 0.337 e. The van der Waals surface area contributed by atoms with Gasteiger partial charge in [-0.3, -0.25) is 9.36 Å². The third-order valence-electron chi connectivity index (χ3n) is 5.66. The Balaban J connectivity index is 1.85. The van der Waals surface area contributed by atoms with Gasteiger partial charge in [0.25, 0.3) is 5.56 Å². The van der Waals surface area contributed by atoms with Crippen molar-refractivity contribution in [3.63, 3.8) is 0 Å². The molecule has 1 atom stereocenters. The van der Waals surface area contributed by atoms with Gasteiger partial charge in [0.1, 0.15) is 11.6 Å². The van der Waals surface area contributed by atoms with E-state index < -0.39 is 17.8 Å². The quantitative estimate of drug-likeness (QED) is 0.625. The number of anilines is 1. The standard InChI is InChI=1S/C24H24FN3O4/c1-13-10-17(14(2)26-20-5-4-16(25)12-18(20)24(30)31)21-19(11-13)23(29)28(3)22(27-21)15-6-8-32-9-7-15/h4-6,10-12,14,26H,7-9H2,1-3H3,(H,30,31)/t14-/m1/s1. The summed E-state index contributed by atoms with van der Waals surface area (Å²) in [6.07, 6.45) is 2.60. The van der Waals surface area contributed by atoms with E-state index in [4.69, 9.17) is 9.72 Å². The number of hydrogen-bond acceptors (Lipinski definition) is 5. The average molecular weight is 437 g/mol. The van der Waals surface area contributed by atoms with Gasteiger partial charge in [-0.2, -0.15) is 0 Å². The fourth-order valence-corrected chi connectivity index (χ4v) is 4.03. The highest BCUT2D eigenvalue weighted by Crippen LogP contribution is 2.29. The lowest BCUT2D eigenvalue weighted by Gasteiger charge is -2.21. The van der Waals surface area contributed by atoms with Gasteiger partial charge >= 0.3 is 5.97 Å². The summed E-state index contributed by atoms with van der Waals surface area (Å²) in [5, 5.41) is 13.1. The van der Waals surface area contributed by atoms with Crippen molar-refractivity contribution in [2.75, 3.05) is 18.5 Å². The van der Waals surface area contributed by atoms with Gasteiger partial charge in [0.2, 0.25) is 0 Å². The number of nitrogens with one attached hydrogen (secondary N) is 1. The van der Waals surface area contributed by atoms with Crippen molar-refractivity contribution in [3.8, 4) is 0 Å². The Bertz CT molecular complexity index is 1310. The number of ether oxygens (including phenoxy) is 1. The predicted molar refractivity (Wildman–Crippen MR) is 121 cm³/mol. The first-order valence-corrected chi connectivity index (χ1v) is 10.3. The van der Waals surface area contributed by atoms with E-state index in [1.165, 1.54) is 12.1 Å². The molecule has 0 fully saturated rings. The Morgan fingerprint density at radius 2 is 2.09 bits per heavy atom. The Labute approximate surface area is 184 Å². The van der Waals surface area contributed by atoms with Gasteiger partial charge in [-0.25, -0.2) is 14.2 Å². The van der Waals surface area contributed by atoms with E-state index in [9.17, 15) is 19.1 Å². The summed E-state index contributed by atoms with van der Waals surface area (Å²) in [4.78, 5) is 29.6. The van der Waals surface area contributed by atoms with Crippen LogP contribution in [0.1, 0.15) is 46.7 Å². The zero-order chi connectivity index (χ0) is 23.0. The van der Waals surface area contributed by atoms with Gasteiger partial charge in [-0.05, 0) is 55.7 Å². The molecule has 32 heavy (non-hydrogen) atoms. The molecule has 0 aliphatic carbocycles. The molecule has 0 unspecified atom stereocenters. The molecule has 0 radical (unpaired) electrons. The number of aromatic nitrogens is 2. The lowest BCUT2D eigenvalue weighted by Crippen LogP contribution is -2.24. The summed E-state index contributed by atoms with van der Waals surface area (Å²) in [5.74, 6) is -1.26. The minimum absolute atomic E-state index is 0.150. The first-order valence-electron chi connectivity index (χ1n) is 10.3. The molecule has 2 N–H and O–H groups in total. The number of halogens is 1. The van der Waals surface area contributed by atoms with Crippen LogP contribution in [-0.2, 0) is 11.8 Å². The summed E-state index contributed by atoms with van der Waals surface area (Å²) < 4.78 is 20.5. The maximum Gasteiger partial charge on any atom is 0.337 e. The average Bonchev–Trinajstić information content (AvgIpc) is 2.77. The van der Waals surface area contributed by atoms with Crippen LogP contribution in [0.2, 0.25) is 0 Å². The predicted octanol–water partition coefficient (Wildman–Crippen LogP) is 4.06. The largest absolute Gasteiger partial charge is 0.478 e. The van der Waals surface area contributed by atoms with Crippen molar-refractivity contribution in [1.29, 1.82) is 0 Å². The van der Waals surface area contributed by atoms with E-state index in [-0.39, 0.29) is 16.8 Å². The molecule has 0 spiro atoms. The van der Waals surface area contributed by atoms with Crippen molar-refractivity contribution in [2.45, 2.75) is 26.3 Å². The highest BCUT2D eigenvalue weighted by molar-refractivity contribution is 5.94. The molecule has 0 bridgehead atoms. The normalized spacial score (nSPS) is 14.8. The number of aryl methyl sites for hydroxylation is 1. The zero-order valence-corrected chi connectivity index (χ0v) is 18.1. The first-order chi connectivity index (χ1) is 15.3. The van der Waals surface area contributed by atoms with Crippen LogP contribution in [0.25, 0.3) is 16.5 Å². The van der Waals surface area contributed by atoms with E-state index in [1.54, 1.807) is 11.6 Å². The number of aromatic carboxylic acids is 1. The molecule has 1 aromatic heterocycles. The van der Waals surface area contributed by atoms with Crippen LogP contribution in [-0.4, -0.2) is 33.8 Å². The molecule has 2 heterocycles. The van der Waals surface area contributed by atoms with Gasteiger partial charge in [0.15, 0.2) is 0 Å². The third kappa shape index (κ3) is 4.01. The van der Waals surface area contributed by atoms with Crippen molar-refractivity contribution >= 4 is 28.1 Å². The van der Waals surface area contributed by atoms with Gasteiger partial charge in [0.05, 0.1) is 35.7 Å². The summed E-state index contributed by atoms with van der Waals surface area (Å²) in [6, 6.07) is 6.94. The molecule has 7 nitrogen and oxygen atoms in total. The molecule has 8 heteroatoms. The molecule has 166 valence electrons. The van der Waals surface area contributed by atoms with Gasteiger partial charge < -0.3 is 15.2 Å². The highest BCUT2D eigenvalue weighted by Gasteiger charge is 2.20. The fraction of sp³-hybridized carbons (Fsp3) is 0.292. The van der Waals surface area contributed by atoms with Gasteiger partial charge in [-0.1, -0.05) is 12.1 Å². The second-order valence-electron chi connectivity index (χ2n) is 7.97. The Kier molecular flexibility index (Phi) is 5.80. The third-order valence-corrected chi connectivity index (χ3v) is 5.66. The summed E-state index contributed by atoms with van der Waals surface area (Å²) in [5.41, 5.74) is 3.13. The molecule has 0 saturated heterocycles. The number of fused-ring (bicyclic) bond motifs is 1. The van der Waals surface area contributed by atoms with E-state index in [2.05, 4.69) is 5.32 Å². The number of hydrogen-bond donors (Lipinski definition) is 2. The Morgan fingerprint density at radius 1 is 1.31 bits per heavy atom. The Morgan fingerprint density at radius 3 is 2.78 bits per heavy atom. The van der Waals surface area contributed by atoms with E-state index >= 15 is 0 Å². The molecule has 3 aromatic rings. The molecule has 4 rings (SSSR count). The number of carboxylic acids is 1. The van der Waals surface area contributed by atoms with E-state index in [0.717, 1.165) is 22.8 Å². The molecule has 0 amide bonds. The van der Waals surface area contributed by atoms with Gasteiger partial charge in [0, 0.05) is 18.3 Å². The van der Waals surface area contributed by atoms with Crippen LogP contribution < -0.4 is 10.9 Å². The number of benzene rings is 2. The first kappa shape index (κ1) is 21.7. The van der Waals surface area contributed by atoms with Crippen LogP contribution in [0.5, 0.6) is 0 Å². The van der Waals surface area contributed by atoms with Crippen LogP contribution in [0, 0.1) is 12.7 Å². The second kappa shape index (κ2) is 8.55. The maximum absolute atomic E-state index is 13.6. The van der Waals surface area contributed by atoms with Crippen molar-refractivity contribution in [3.05, 3.63) is 75.1 Å². The topological polar surface area (TPSA) is 93.4 Å². The maximum atomic E-state index is 13.6. The number of rotatable bonds is 5. The summed E-state index contributed by atoms with van der Waals surface area (Å²) in [7, 11) is 1.71. The van der Waals surface area contributed by atoms with E-state index in [0.29, 0.717) is 36.4 Å². The van der Waals surface area contributed by atoms with Gasteiger partial charge in [-0.15, -0.1) is 0 Å². The highest BCUT2D eigenvalue weighted by atomic mass is 19.1. The molecule has 2 aromatic carbocycles. The SMILES string of the molecule is Cc1cc([C@@H](C)Nc2ccc(F)cc2C(=O)O)c2nc(C3=CCOCC3)n(C)c(=O)c2c1. The zero-order valence-electron chi connectivity index (χ0n) is 18.1. The molecule has 1 aliphatic heterocycles. The second-order valence-corrected chi connectivity index (χ2v) is 7.97. The van der Waals surface area contributed by atoms with E-state index in [1.807, 2.05) is 32.1 Å². The number of carbonyl (C=O) groups is 1.